The molecule has 0 saturated carbocycles. The van der Waals surface area contributed by atoms with Gasteiger partial charge in [0.2, 0.25) is 0 Å². The highest BCUT2D eigenvalue weighted by atomic mass is 32.1. The molecule has 2 heterocycles. The first-order valence-electron chi connectivity index (χ1n) is 7.65. The highest BCUT2D eigenvalue weighted by molar-refractivity contribution is 7.10. The third-order valence-corrected chi connectivity index (χ3v) is 5.08. The summed E-state index contributed by atoms with van der Waals surface area (Å²) in [5, 5.41) is 13.5. The Labute approximate surface area is 149 Å². The van der Waals surface area contributed by atoms with Gasteiger partial charge in [-0.2, -0.15) is 0 Å². The van der Waals surface area contributed by atoms with Crippen molar-refractivity contribution in [3.8, 4) is 11.5 Å². The van der Waals surface area contributed by atoms with Crippen LogP contribution in [0.3, 0.4) is 0 Å². The molecule has 0 radical (unpaired) electrons. The van der Waals surface area contributed by atoms with Crippen molar-refractivity contribution in [2.75, 3.05) is 14.2 Å². The minimum atomic E-state index is -1.44. The number of methoxy groups -OCH3 is 2. The van der Waals surface area contributed by atoms with E-state index in [2.05, 4.69) is 4.98 Å². The predicted octanol–water partition coefficient (Wildman–Crippen LogP) is 3.78. The average molecular weight is 359 g/mol. The van der Waals surface area contributed by atoms with Crippen molar-refractivity contribution in [2.24, 2.45) is 0 Å². The summed E-state index contributed by atoms with van der Waals surface area (Å²) in [6, 6.07) is 10.1. The Balaban J connectivity index is 2.17. The lowest BCUT2D eigenvalue weighted by molar-refractivity contribution is 0.0815. The molecule has 1 aromatic carbocycles. The van der Waals surface area contributed by atoms with Gasteiger partial charge < -0.3 is 14.6 Å². The molecule has 3 aromatic rings. The van der Waals surface area contributed by atoms with Gasteiger partial charge in [-0.05, 0) is 35.2 Å². The van der Waals surface area contributed by atoms with Crippen LogP contribution in [0.25, 0.3) is 0 Å². The zero-order chi connectivity index (χ0) is 17.9. The van der Waals surface area contributed by atoms with E-state index in [1.165, 1.54) is 37.7 Å². The van der Waals surface area contributed by atoms with Crippen LogP contribution >= 0.6 is 11.3 Å². The van der Waals surface area contributed by atoms with Gasteiger partial charge in [-0.25, -0.2) is 4.39 Å². The zero-order valence-corrected chi connectivity index (χ0v) is 14.7. The van der Waals surface area contributed by atoms with E-state index in [1.807, 2.05) is 29.6 Å². The number of hydrogen-bond acceptors (Lipinski definition) is 5. The van der Waals surface area contributed by atoms with Crippen LogP contribution in [-0.2, 0) is 12.0 Å². The Morgan fingerprint density at radius 3 is 2.44 bits per heavy atom. The number of nitrogens with zero attached hydrogens (tertiary/aromatic N) is 1. The van der Waals surface area contributed by atoms with Crippen molar-refractivity contribution in [3.63, 3.8) is 0 Å². The van der Waals surface area contributed by atoms with E-state index in [0.29, 0.717) is 16.2 Å². The number of aromatic nitrogens is 1. The van der Waals surface area contributed by atoms with E-state index >= 15 is 0 Å². The van der Waals surface area contributed by atoms with Gasteiger partial charge in [0.1, 0.15) is 11.4 Å². The fourth-order valence-corrected chi connectivity index (χ4v) is 3.65. The number of halogens is 1. The van der Waals surface area contributed by atoms with Gasteiger partial charge in [0.25, 0.3) is 0 Å². The molecule has 2 aromatic heterocycles. The summed E-state index contributed by atoms with van der Waals surface area (Å²) < 4.78 is 24.8. The molecule has 0 saturated heterocycles. The lowest BCUT2D eigenvalue weighted by Gasteiger charge is -2.30. The Bertz CT molecular complexity index is 839. The third kappa shape index (κ3) is 3.36. The van der Waals surface area contributed by atoms with E-state index in [1.54, 1.807) is 12.4 Å². The van der Waals surface area contributed by atoms with Crippen LogP contribution in [0.2, 0.25) is 0 Å². The fraction of sp³-hybridized carbons (Fsp3) is 0.211. The minimum absolute atomic E-state index is 0.0676. The maximum absolute atomic E-state index is 14.4. The van der Waals surface area contributed by atoms with Crippen LogP contribution in [0.5, 0.6) is 11.5 Å². The maximum atomic E-state index is 14.4. The second kappa shape index (κ2) is 7.21. The molecular weight excluding hydrogens is 341 g/mol. The minimum Gasteiger partial charge on any atom is -0.496 e. The molecule has 3 rings (SSSR count). The molecule has 25 heavy (non-hydrogen) atoms. The molecule has 0 aliphatic carbocycles. The second-order valence-corrected chi connectivity index (χ2v) is 6.50. The molecule has 1 unspecified atom stereocenters. The van der Waals surface area contributed by atoms with Crippen molar-refractivity contribution < 1.29 is 19.0 Å². The molecule has 0 aliphatic heterocycles. The highest BCUT2D eigenvalue weighted by Crippen LogP contribution is 2.42. The molecule has 0 amide bonds. The largest absolute Gasteiger partial charge is 0.496 e. The van der Waals surface area contributed by atoms with Crippen LogP contribution in [0.15, 0.2) is 54.2 Å². The number of hydrogen-bond donors (Lipinski definition) is 1. The average Bonchev–Trinajstić information content (AvgIpc) is 3.17. The van der Waals surface area contributed by atoms with Gasteiger partial charge in [-0.1, -0.05) is 6.07 Å². The SMILES string of the molecule is COc1cc(OC)c(C(O)(Cc2ccncc2)c2cccs2)cc1F. The van der Waals surface area contributed by atoms with Crippen molar-refractivity contribution in [2.45, 2.75) is 12.0 Å². The molecular formula is C19H18FNO3S. The van der Waals surface area contributed by atoms with Crippen LogP contribution in [0.4, 0.5) is 4.39 Å². The number of ether oxygens (including phenoxy) is 2. The summed E-state index contributed by atoms with van der Waals surface area (Å²) in [7, 11) is 2.87. The Morgan fingerprint density at radius 2 is 1.84 bits per heavy atom. The van der Waals surface area contributed by atoms with Gasteiger partial charge in [0.15, 0.2) is 11.6 Å². The van der Waals surface area contributed by atoms with Crippen molar-refractivity contribution >= 4 is 11.3 Å². The third-order valence-electron chi connectivity index (χ3n) is 4.06. The van der Waals surface area contributed by atoms with Crippen molar-refractivity contribution in [1.82, 2.24) is 4.98 Å². The normalized spacial score (nSPS) is 13.3. The van der Waals surface area contributed by atoms with Crippen LogP contribution in [0, 0.1) is 5.82 Å². The molecule has 1 atom stereocenters. The van der Waals surface area contributed by atoms with Crippen LogP contribution < -0.4 is 9.47 Å². The smallest absolute Gasteiger partial charge is 0.165 e. The van der Waals surface area contributed by atoms with E-state index < -0.39 is 11.4 Å². The first kappa shape index (κ1) is 17.4. The molecule has 130 valence electrons. The lowest BCUT2D eigenvalue weighted by Crippen LogP contribution is -2.30. The summed E-state index contributed by atoms with van der Waals surface area (Å²) >= 11 is 1.40. The topological polar surface area (TPSA) is 51.6 Å². The molecule has 0 aliphatic rings. The number of thiophene rings is 1. The van der Waals surface area contributed by atoms with Crippen molar-refractivity contribution in [1.29, 1.82) is 0 Å². The van der Waals surface area contributed by atoms with E-state index in [4.69, 9.17) is 9.47 Å². The van der Waals surface area contributed by atoms with Gasteiger partial charge in [-0.15, -0.1) is 11.3 Å². The van der Waals surface area contributed by atoms with E-state index in [-0.39, 0.29) is 12.2 Å². The van der Waals surface area contributed by atoms with Gasteiger partial charge in [0, 0.05) is 35.3 Å². The summed E-state index contributed by atoms with van der Waals surface area (Å²) in [6.07, 6.45) is 3.59. The molecule has 0 bridgehead atoms. The number of pyridine rings is 1. The Morgan fingerprint density at radius 1 is 1.12 bits per heavy atom. The predicted molar refractivity (Wildman–Crippen MR) is 94.8 cm³/mol. The fourth-order valence-electron chi connectivity index (χ4n) is 2.81. The van der Waals surface area contributed by atoms with Gasteiger partial charge in [0.05, 0.1) is 14.2 Å². The van der Waals surface area contributed by atoms with Gasteiger partial charge >= 0.3 is 0 Å². The summed E-state index contributed by atoms with van der Waals surface area (Å²) in [5.41, 5.74) is -0.203. The number of aliphatic hydroxyl groups is 1. The number of benzene rings is 1. The number of rotatable bonds is 6. The molecule has 0 fully saturated rings. The maximum Gasteiger partial charge on any atom is 0.165 e. The lowest BCUT2D eigenvalue weighted by atomic mass is 9.85. The summed E-state index contributed by atoms with van der Waals surface area (Å²) in [4.78, 5) is 4.70. The van der Waals surface area contributed by atoms with Crippen LogP contribution in [-0.4, -0.2) is 24.3 Å². The molecule has 6 heteroatoms. The summed E-state index contributed by atoms with van der Waals surface area (Å²) in [6.45, 7) is 0. The monoisotopic (exact) mass is 359 g/mol. The zero-order valence-electron chi connectivity index (χ0n) is 13.9. The Hall–Kier alpha value is -2.44. The van der Waals surface area contributed by atoms with E-state index in [9.17, 15) is 9.50 Å². The second-order valence-electron chi connectivity index (χ2n) is 5.56. The molecule has 0 spiro atoms. The summed E-state index contributed by atoms with van der Waals surface area (Å²) in [5.74, 6) is -0.121. The molecule has 1 N–H and O–H groups in total. The Kier molecular flexibility index (Phi) is 5.01. The standard InChI is InChI=1S/C19H18FNO3S/c1-23-16-11-17(24-2)15(20)10-14(16)19(22,18-4-3-9-25-18)12-13-5-7-21-8-6-13/h3-11,22H,12H2,1-2H3. The quantitative estimate of drug-likeness (QED) is 0.728. The highest BCUT2D eigenvalue weighted by Gasteiger charge is 2.37. The molecule has 4 nitrogen and oxygen atoms in total. The first-order valence-corrected chi connectivity index (χ1v) is 8.53. The first-order chi connectivity index (χ1) is 12.1. The van der Waals surface area contributed by atoms with Gasteiger partial charge in [-0.3, -0.25) is 4.98 Å². The van der Waals surface area contributed by atoms with Crippen molar-refractivity contribution in [3.05, 3.63) is 76.0 Å². The van der Waals surface area contributed by atoms with Crippen LogP contribution in [0.1, 0.15) is 16.0 Å². The van der Waals surface area contributed by atoms with E-state index in [0.717, 1.165) is 5.56 Å².